The van der Waals surface area contributed by atoms with E-state index in [1.165, 1.54) is 12.1 Å². The van der Waals surface area contributed by atoms with E-state index in [0.29, 0.717) is 45.1 Å². The van der Waals surface area contributed by atoms with Crippen LogP contribution in [-0.2, 0) is 10.2 Å². The lowest BCUT2D eigenvalue weighted by Crippen LogP contribution is -2.42. The minimum atomic E-state index is -4.21. The molecule has 4 nitrogen and oxygen atoms in total. The van der Waals surface area contributed by atoms with Crippen molar-refractivity contribution in [3.8, 4) is 0 Å². The summed E-state index contributed by atoms with van der Waals surface area (Å²) in [5.41, 5.74) is 0.461. The van der Waals surface area contributed by atoms with Crippen molar-refractivity contribution >= 4 is 29.9 Å². The zero-order chi connectivity index (χ0) is 19.0. The molecule has 154 valence electrons. The van der Waals surface area contributed by atoms with Crippen molar-refractivity contribution in [1.82, 2.24) is 10.6 Å². The number of nitrogens with zero attached hydrogens (tertiary/aromatic N) is 1. The average Bonchev–Trinajstić information content (AvgIpc) is 2.59. The Morgan fingerprint density at radius 2 is 1.93 bits per heavy atom. The van der Waals surface area contributed by atoms with Crippen molar-refractivity contribution < 1.29 is 22.3 Å². The summed E-state index contributed by atoms with van der Waals surface area (Å²) in [6.45, 7) is 3.58. The molecule has 1 saturated heterocycles. The van der Waals surface area contributed by atoms with E-state index in [1.807, 2.05) is 13.0 Å². The third kappa shape index (κ3) is 7.81. The molecule has 0 radical (unpaired) electrons. The van der Waals surface area contributed by atoms with Crippen LogP contribution >= 0.6 is 24.0 Å². The number of hydrogen-bond donors (Lipinski definition) is 2. The molecular formula is C18H26F4IN3O. The number of ether oxygens (including phenoxy) is 1. The van der Waals surface area contributed by atoms with Gasteiger partial charge in [0.05, 0.1) is 13.0 Å². The highest BCUT2D eigenvalue weighted by molar-refractivity contribution is 14.0. The quantitative estimate of drug-likeness (QED) is 0.267. The van der Waals surface area contributed by atoms with Crippen LogP contribution in [-0.4, -0.2) is 45.0 Å². The highest BCUT2D eigenvalue weighted by Gasteiger charge is 2.35. The molecule has 2 N–H and O–H groups in total. The zero-order valence-electron chi connectivity index (χ0n) is 15.2. The van der Waals surface area contributed by atoms with Gasteiger partial charge in [-0.3, -0.25) is 4.99 Å². The molecular weight excluding hydrogens is 477 g/mol. The van der Waals surface area contributed by atoms with Crippen molar-refractivity contribution in [2.75, 3.05) is 32.8 Å². The van der Waals surface area contributed by atoms with Crippen molar-refractivity contribution in [3.05, 3.63) is 35.6 Å². The van der Waals surface area contributed by atoms with Crippen molar-refractivity contribution in [3.63, 3.8) is 0 Å². The highest BCUT2D eigenvalue weighted by atomic mass is 127. The fourth-order valence-electron chi connectivity index (χ4n) is 3.01. The normalized spacial score (nSPS) is 17.1. The monoisotopic (exact) mass is 503 g/mol. The van der Waals surface area contributed by atoms with Crippen molar-refractivity contribution in [2.24, 2.45) is 4.99 Å². The Hall–Kier alpha value is -1.10. The Bertz CT molecular complexity index is 605. The van der Waals surface area contributed by atoms with Crippen LogP contribution in [0.4, 0.5) is 17.6 Å². The van der Waals surface area contributed by atoms with Crippen LogP contribution < -0.4 is 10.6 Å². The highest BCUT2D eigenvalue weighted by Crippen LogP contribution is 2.35. The van der Waals surface area contributed by atoms with Gasteiger partial charge in [0, 0.05) is 31.7 Å². The van der Waals surface area contributed by atoms with Gasteiger partial charge in [-0.05, 0) is 37.5 Å². The number of guanidine groups is 1. The number of halogens is 5. The average molecular weight is 503 g/mol. The third-order valence-electron chi connectivity index (χ3n) is 4.47. The molecule has 1 aliphatic rings. The Morgan fingerprint density at radius 1 is 1.22 bits per heavy atom. The van der Waals surface area contributed by atoms with Gasteiger partial charge in [0.2, 0.25) is 0 Å². The maximum atomic E-state index is 13.7. The summed E-state index contributed by atoms with van der Waals surface area (Å²) in [5.74, 6) is 0.0200. The van der Waals surface area contributed by atoms with E-state index in [0.717, 1.165) is 5.56 Å². The Balaban J connectivity index is 0.00000364. The van der Waals surface area contributed by atoms with Gasteiger partial charge in [0.1, 0.15) is 5.82 Å². The molecule has 9 heteroatoms. The summed E-state index contributed by atoms with van der Waals surface area (Å²) < 4.78 is 56.1. The minimum Gasteiger partial charge on any atom is -0.381 e. The number of alkyl halides is 3. The molecule has 0 spiro atoms. The lowest BCUT2D eigenvalue weighted by atomic mass is 9.74. The Labute approximate surface area is 174 Å². The standard InChI is InChI=1S/C18H25F4N3O.HI/c1-2-23-16(24-9-6-18(20,21)22)25-13-17(7-10-26-11-8-17)14-4-3-5-15(19)12-14;/h3-5,12H,2,6-11,13H2,1H3,(H2,23,24,25);1H. The van der Waals surface area contributed by atoms with Crippen LogP contribution in [0.15, 0.2) is 29.3 Å². The predicted molar refractivity (Wildman–Crippen MR) is 108 cm³/mol. The van der Waals surface area contributed by atoms with Crippen molar-refractivity contribution in [1.29, 1.82) is 0 Å². The van der Waals surface area contributed by atoms with Gasteiger partial charge >= 0.3 is 6.18 Å². The summed E-state index contributed by atoms with van der Waals surface area (Å²) in [6.07, 6.45) is -3.78. The fourth-order valence-corrected chi connectivity index (χ4v) is 3.01. The van der Waals surface area contributed by atoms with Gasteiger partial charge < -0.3 is 15.4 Å². The number of rotatable bonds is 6. The molecule has 27 heavy (non-hydrogen) atoms. The topological polar surface area (TPSA) is 45.7 Å². The lowest BCUT2D eigenvalue weighted by molar-refractivity contribution is -0.132. The maximum Gasteiger partial charge on any atom is 0.390 e. The largest absolute Gasteiger partial charge is 0.390 e. The van der Waals surface area contributed by atoms with E-state index < -0.39 is 12.6 Å². The molecule has 1 aliphatic heterocycles. The van der Waals surface area contributed by atoms with E-state index in [2.05, 4.69) is 15.6 Å². The molecule has 1 heterocycles. The number of hydrogen-bond acceptors (Lipinski definition) is 2. The Morgan fingerprint density at radius 3 is 2.52 bits per heavy atom. The van der Waals surface area contributed by atoms with Gasteiger partial charge in [0.25, 0.3) is 0 Å². The molecule has 1 aromatic carbocycles. The Kier molecular flexibility index (Phi) is 9.78. The minimum absolute atomic E-state index is 0. The van der Waals surface area contributed by atoms with E-state index >= 15 is 0 Å². The van der Waals surface area contributed by atoms with Gasteiger partial charge in [-0.25, -0.2) is 4.39 Å². The summed E-state index contributed by atoms with van der Waals surface area (Å²) >= 11 is 0. The van der Waals surface area contributed by atoms with E-state index in [9.17, 15) is 17.6 Å². The van der Waals surface area contributed by atoms with Crippen LogP contribution in [0.25, 0.3) is 0 Å². The summed E-state index contributed by atoms with van der Waals surface area (Å²) in [6, 6.07) is 6.43. The zero-order valence-corrected chi connectivity index (χ0v) is 17.6. The number of aliphatic imine (C=N–C) groups is 1. The molecule has 0 bridgehead atoms. The molecule has 1 aromatic rings. The molecule has 0 saturated carbocycles. The van der Waals surface area contributed by atoms with Gasteiger partial charge in [-0.15, -0.1) is 24.0 Å². The number of benzene rings is 1. The van der Waals surface area contributed by atoms with E-state index in [4.69, 9.17) is 4.74 Å². The molecule has 1 fully saturated rings. The second-order valence-corrected chi connectivity index (χ2v) is 6.39. The smallest absolute Gasteiger partial charge is 0.381 e. The SMILES string of the molecule is CCNC(=NCC1(c2cccc(F)c2)CCOCC1)NCCC(F)(F)F.I. The second-order valence-electron chi connectivity index (χ2n) is 6.39. The third-order valence-corrected chi connectivity index (χ3v) is 4.47. The first-order valence-corrected chi connectivity index (χ1v) is 8.77. The van der Waals surface area contributed by atoms with Crippen LogP contribution in [0.3, 0.4) is 0 Å². The summed E-state index contributed by atoms with van der Waals surface area (Å²) in [5, 5.41) is 5.67. The second kappa shape index (κ2) is 11.0. The summed E-state index contributed by atoms with van der Waals surface area (Å²) in [4.78, 5) is 4.48. The first-order chi connectivity index (χ1) is 12.3. The van der Waals surface area contributed by atoms with Gasteiger partial charge in [-0.1, -0.05) is 12.1 Å². The van der Waals surface area contributed by atoms with Crippen LogP contribution in [0.5, 0.6) is 0 Å². The maximum absolute atomic E-state index is 13.7. The molecule has 0 amide bonds. The fraction of sp³-hybridized carbons (Fsp3) is 0.611. The summed E-state index contributed by atoms with van der Waals surface area (Å²) in [7, 11) is 0. The number of nitrogens with one attached hydrogen (secondary N) is 2. The molecule has 0 unspecified atom stereocenters. The van der Waals surface area contributed by atoms with Crippen LogP contribution in [0.2, 0.25) is 0 Å². The molecule has 0 aliphatic carbocycles. The predicted octanol–water partition coefficient (Wildman–Crippen LogP) is 4.00. The first-order valence-electron chi connectivity index (χ1n) is 8.77. The lowest BCUT2D eigenvalue weighted by Gasteiger charge is -2.36. The van der Waals surface area contributed by atoms with E-state index in [-0.39, 0.29) is 41.8 Å². The molecule has 2 rings (SSSR count). The van der Waals surface area contributed by atoms with E-state index in [1.54, 1.807) is 6.07 Å². The van der Waals surface area contributed by atoms with Gasteiger partial charge in [-0.2, -0.15) is 13.2 Å². The van der Waals surface area contributed by atoms with Gasteiger partial charge in [0.15, 0.2) is 5.96 Å². The first kappa shape index (κ1) is 23.9. The van der Waals surface area contributed by atoms with Crippen molar-refractivity contribution in [2.45, 2.75) is 37.8 Å². The van der Waals surface area contributed by atoms with Crippen LogP contribution in [0, 0.1) is 5.82 Å². The molecule has 0 aromatic heterocycles. The van der Waals surface area contributed by atoms with Crippen LogP contribution in [0.1, 0.15) is 31.7 Å². The molecule has 0 atom stereocenters.